The van der Waals surface area contributed by atoms with E-state index < -0.39 is 17.5 Å². The molecule has 1 atom stereocenters. The van der Waals surface area contributed by atoms with Gasteiger partial charge < -0.3 is 14.6 Å². The van der Waals surface area contributed by atoms with Crippen LogP contribution in [0.25, 0.3) is 0 Å². The van der Waals surface area contributed by atoms with Crippen molar-refractivity contribution in [3.05, 3.63) is 63.6 Å². The first-order valence-corrected chi connectivity index (χ1v) is 10.5. The molecule has 2 heterocycles. The number of carbonyl (C=O) groups excluding carboxylic acids is 2. The van der Waals surface area contributed by atoms with Crippen LogP contribution in [-0.4, -0.2) is 22.6 Å². The fraction of sp³-hybridized carbons (Fsp3) is 0.435. The molecule has 0 spiro atoms. The van der Waals surface area contributed by atoms with Crippen molar-refractivity contribution in [2.45, 2.75) is 64.1 Å². The second-order valence-corrected chi connectivity index (χ2v) is 8.30. The van der Waals surface area contributed by atoms with Crippen molar-refractivity contribution in [2.24, 2.45) is 0 Å². The molecule has 30 heavy (non-hydrogen) atoms. The monoisotopic (exact) mass is 409 g/mol. The summed E-state index contributed by atoms with van der Waals surface area (Å²) < 4.78 is 7.66. The van der Waals surface area contributed by atoms with E-state index >= 15 is 0 Å². The van der Waals surface area contributed by atoms with Crippen LogP contribution in [0, 0.1) is 13.8 Å². The average Bonchev–Trinajstić information content (AvgIpc) is 3.01. The number of nitrogens with zero attached hydrogens (tertiary/aromatic N) is 1. The van der Waals surface area contributed by atoms with Crippen molar-refractivity contribution in [3.8, 4) is 5.75 Å². The molecule has 7 heteroatoms. The van der Waals surface area contributed by atoms with Crippen molar-refractivity contribution in [3.63, 3.8) is 0 Å². The van der Waals surface area contributed by atoms with Crippen molar-refractivity contribution in [2.75, 3.05) is 0 Å². The maximum absolute atomic E-state index is 12.9. The highest BCUT2D eigenvalue weighted by Crippen LogP contribution is 2.32. The molecule has 7 nitrogen and oxygen atoms in total. The van der Waals surface area contributed by atoms with Gasteiger partial charge in [0.1, 0.15) is 5.75 Å². The highest BCUT2D eigenvalue weighted by atomic mass is 16.5. The Kier molecular flexibility index (Phi) is 5.37. The summed E-state index contributed by atoms with van der Waals surface area (Å²) in [6, 6.07) is 8.44. The van der Waals surface area contributed by atoms with Crippen molar-refractivity contribution >= 4 is 11.9 Å². The lowest BCUT2D eigenvalue weighted by atomic mass is 9.88. The lowest BCUT2D eigenvalue weighted by Crippen LogP contribution is -2.49. The van der Waals surface area contributed by atoms with E-state index in [1.807, 2.05) is 19.1 Å². The van der Waals surface area contributed by atoms with E-state index in [0.717, 1.165) is 24.2 Å². The number of hydrogen-bond donors (Lipinski definition) is 2. The molecule has 0 radical (unpaired) electrons. The Balaban J connectivity index is 1.68. The third-order valence-electron chi connectivity index (χ3n) is 6.07. The number of pyridine rings is 1. The largest absolute Gasteiger partial charge is 0.490 e. The lowest BCUT2D eigenvalue weighted by Gasteiger charge is -2.29. The molecule has 1 saturated carbocycles. The fourth-order valence-corrected chi connectivity index (χ4v) is 4.34. The Bertz CT molecular complexity index is 1040. The number of aromatic nitrogens is 1. The van der Waals surface area contributed by atoms with E-state index in [9.17, 15) is 14.4 Å². The summed E-state index contributed by atoms with van der Waals surface area (Å²) in [5.41, 5.74) is 0.531. The molecule has 2 fully saturated rings. The molecule has 1 saturated heterocycles. The third-order valence-corrected chi connectivity index (χ3v) is 6.07. The van der Waals surface area contributed by atoms with Crippen LogP contribution in [-0.2, 0) is 16.9 Å². The van der Waals surface area contributed by atoms with Crippen LogP contribution in [0.3, 0.4) is 0 Å². The second kappa shape index (κ2) is 7.97. The number of hydrogen-bond acceptors (Lipinski definition) is 4. The molecular weight excluding hydrogens is 382 g/mol. The van der Waals surface area contributed by atoms with Gasteiger partial charge in [0.25, 0.3) is 11.5 Å². The quantitative estimate of drug-likeness (QED) is 0.743. The highest BCUT2D eigenvalue weighted by Gasteiger charge is 2.48. The predicted molar refractivity (Wildman–Crippen MR) is 112 cm³/mol. The van der Waals surface area contributed by atoms with Crippen molar-refractivity contribution in [1.82, 2.24) is 15.2 Å². The zero-order valence-corrected chi connectivity index (χ0v) is 17.4. The number of benzene rings is 1. The van der Waals surface area contributed by atoms with Gasteiger partial charge in [0.2, 0.25) is 0 Å². The van der Waals surface area contributed by atoms with Crippen LogP contribution in [0.1, 0.15) is 48.8 Å². The minimum Gasteiger partial charge on any atom is -0.490 e. The highest BCUT2D eigenvalue weighted by molar-refractivity contribution is 6.07. The number of ether oxygens (including phenoxy) is 1. The first kappa shape index (κ1) is 20.2. The Hall–Kier alpha value is -3.09. The first-order valence-electron chi connectivity index (χ1n) is 10.5. The van der Waals surface area contributed by atoms with Gasteiger partial charge in [0.05, 0.1) is 12.6 Å². The van der Waals surface area contributed by atoms with Crippen LogP contribution < -0.4 is 20.9 Å². The molecule has 1 aromatic heterocycles. The number of aryl methyl sites for hydroxylation is 2. The normalized spacial score (nSPS) is 21.9. The zero-order valence-electron chi connectivity index (χ0n) is 17.4. The van der Waals surface area contributed by atoms with E-state index in [1.54, 1.807) is 31.3 Å². The molecule has 1 unspecified atom stereocenters. The smallest absolute Gasteiger partial charge is 0.322 e. The van der Waals surface area contributed by atoms with Crippen LogP contribution in [0.5, 0.6) is 5.75 Å². The Morgan fingerprint density at radius 2 is 1.83 bits per heavy atom. The van der Waals surface area contributed by atoms with Crippen LogP contribution in [0.15, 0.2) is 41.3 Å². The van der Waals surface area contributed by atoms with Crippen LogP contribution in [0.2, 0.25) is 0 Å². The van der Waals surface area contributed by atoms with Crippen LogP contribution in [0.4, 0.5) is 4.79 Å². The minimum atomic E-state index is -1.36. The fourth-order valence-electron chi connectivity index (χ4n) is 4.34. The number of imide groups is 1. The number of carbonyl (C=O) groups is 2. The summed E-state index contributed by atoms with van der Waals surface area (Å²) in [4.78, 5) is 37.5. The minimum absolute atomic E-state index is 0.00730. The Morgan fingerprint density at radius 3 is 2.50 bits per heavy atom. The Morgan fingerprint density at radius 1 is 1.07 bits per heavy atom. The Labute approximate surface area is 175 Å². The van der Waals surface area contributed by atoms with Gasteiger partial charge in [0, 0.05) is 11.8 Å². The number of amides is 3. The summed E-state index contributed by atoms with van der Waals surface area (Å²) in [7, 11) is 0. The summed E-state index contributed by atoms with van der Waals surface area (Å²) in [5.74, 6) is 0.319. The second-order valence-electron chi connectivity index (χ2n) is 8.30. The molecule has 2 aromatic rings. The first-order chi connectivity index (χ1) is 14.4. The molecule has 4 rings (SSSR count). The summed E-state index contributed by atoms with van der Waals surface area (Å²) in [5, 5.41) is 5.08. The maximum Gasteiger partial charge on any atom is 0.322 e. The maximum atomic E-state index is 12.9. The van der Waals surface area contributed by atoms with Gasteiger partial charge in [-0.2, -0.15) is 0 Å². The van der Waals surface area contributed by atoms with Gasteiger partial charge in [-0.25, -0.2) is 4.79 Å². The lowest BCUT2D eigenvalue weighted by molar-refractivity contribution is -0.124. The van der Waals surface area contributed by atoms with E-state index in [2.05, 4.69) is 10.6 Å². The third kappa shape index (κ3) is 3.72. The molecule has 2 aliphatic rings. The predicted octanol–water partition coefficient (Wildman–Crippen LogP) is 2.91. The topological polar surface area (TPSA) is 89.4 Å². The van der Waals surface area contributed by atoms with E-state index in [4.69, 9.17) is 4.74 Å². The SMILES string of the molecule is Cc1cc(C2(Cn3cccc(C)c3=O)NC(=O)NC2=O)ccc1OC1CCCCC1. The van der Waals surface area contributed by atoms with E-state index in [0.29, 0.717) is 11.1 Å². The molecular formula is C23H27N3O4. The van der Waals surface area contributed by atoms with E-state index in [-0.39, 0.29) is 18.2 Å². The number of rotatable bonds is 5. The molecule has 2 N–H and O–H groups in total. The van der Waals surface area contributed by atoms with Gasteiger partial charge in [0.15, 0.2) is 5.54 Å². The zero-order chi connectivity index (χ0) is 21.3. The van der Waals surface area contributed by atoms with Gasteiger partial charge in [-0.15, -0.1) is 0 Å². The molecule has 1 aromatic carbocycles. The molecule has 3 amide bonds. The average molecular weight is 409 g/mol. The molecule has 1 aliphatic carbocycles. The summed E-state index contributed by atoms with van der Waals surface area (Å²) in [6.07, 6.45) is 7.58. The van der Waals surface area contributed by atoms with Crippen LogP contribution >= 0.6 is 0 Å². The summed E-state index contributed by atoms with van der Waals surface area (Å²) >= 11 is 0. The standard InChI is InChI=1S/C23H27N3O4/c1-15-7-6-12-26(20(15)27)14-23(21(28)24-22(29)25-23)17-10-11-19(16(2)13-17)30-18-8-4-3-5-9-18/h6-7,10-13,18H,3-5,8-9,14H2,1-2H3,(H2,24,25,28,29). The summed E-state index contributed by atoms with van der Waals surface area (Å²) in [6.45, 7) is 3.66. The molecule has 1 aliphatic heterocycles. The van der Waals surface area contributed by atoms with Gasteiger partial charge in [-0.05, 0) is 68.9 Å². The van der Waals surface area contributed by atoms with Gasteiger partial charge >= 0.3 is 6.03 Å². The van der Waals surface area contributed by atoms with Gasteiger partial charge in [-0.3, -0.25) is 14.9 Å². The number of nitrogens with one attached hydrogen (secondary N) is 2. The van der Waals surface area contributed by atoms with Crippen molar-refractivity contribution in [1.29, 1.82) is 0 Å². The number of urea groups is 1. The van der Waals surface area contributed by atoms with Gasteiger partial charge in [-0.1, -0.05) is 18.6 Å². The molecule has 0 bridgehead atoms. The van der Waals surface area contributed by atoms with E-state index in [1.165, 1.54) is 23.8 Å². The van der Waals surface area contributed by atoms with Crippen molar-refractivity contribution < 1.29 is 14.3 Å². The molecule has 158 valence electrons.